The van der Waals surface area contributed by atoms with Gasteiger partial charge in [0, 0.05) is 31.7 Å². The molecule has 2 atom stereocenters. The van der Waals surface area contributed by atoms with Gasteiger partial charge in [0.15, 0.2) is 0 Å². The van der Waals surface area contributed by atoms with Crippen LogP contribution in [0.2, 0.25) is 0 Å². The topological polar surface area (TPSA) is 41.1 Å². The van der Waals surface area contributed by atoms with E-state index in [1.54, 1.807) is 0 Å². The Morgan fingerprint density at radius 3 is 2.63 bits per heavy atom. The minimum atomic E-state index is -0.912. The first-order valence-electron chi connectivity index (χ1n) is 6.22. The van der Waals surface area contributed by atoms with E-state index in [1.807, 2.05) is 0 Å². The third kappa shape index (κ3) is 2.93. The van der Waals surface area contributed by atoms with E-state index in [9.17, 15) is 4.39 Å². The minimum Gasteiger partial charge on any atom is -0.354 e. The molecule has 0 radical (unpaired) electrons. The van der Waals surface area contributed by atoms with Crippen molar-refractivity contribution in [2.24, 2.45) is 0 Å². The molecule has 0 aromatic carbocycles. The molecule has 7 heteroatoms. The lowest BCUT2D eigenvalue weighted by atomic mass is 10.1. The van der Waals surface area contributed by atoms with Crippen LogP contribution in [0.15, 0.2) is 6.33 Å². The van der Waals surface area contributed by atoms with Crippen molar-refractivity contribution >= 4 is 30.6 Å². The second kappa shape index (κ2) is 6.68. The van der Waals surface area contributed by atoms with Crippen LogP contribution in [0, 0.1) is 0 Å². The summed E-state index contributed by atoms with van der Waals surface area (Å²) in [6, 6.07) is 0. The molecule has 0 amide bonds. The highest BCUT2D eigenvalue weighted by molar-refractivity contribution is 5.85. The standard InChI is InChI=1S/C12H17FN4.2ClH/c1-8-6-9(13)11-10(8)12(16-7-15-11)17-4-2-14-3-5-17;;/h7-9,14H,2-6H2,1H3;2*1H/t8-,9-;;/m1../s1. The fourth-order valence-corrected chi connectivity index (χ4v) is 2.79. The highest BCUT2D eigenvalue weighted by Gasteiger charge is 2.34. The molecule has 1 fully saturated rings. The summed E-state index contributed by atoms with van der Waals surface area (Å²) >= 11 is 0. The number of hydrogen-bond donors (Lipinski definition) is 1. The van der Waals surface area contributed by atoms with E-state index in [-0.39, 0.29) is 30.7 Å². The van der Waals surface area contributed by atoms with Gasteiger partial charge in [0.25, 0.3) is 0 Å². The number of nitrogens with zero attached hydrogens (tertiary/aromatic N) is 3. The molecule has 0 spiro atoms. The number of alkyl halides is 1. The second-order valence-corrected chi connectivity index (χ2v) is 4.84. The van der Waals surface area contributed by atoms with Gasteiger partial charge in [-0.05, 0) is 12.3 Å². The molecule has 0 saturated carbocycles. The van der Waals surface area contributed by atoms with E-state index in [2.05, 4.69) is 27.1 Å². The van der Waals surface area contributed by atoms with Crippen molar-refractivity contribution in [2.75, 3.05) is 31.1 Å². The summed E-state index contributed by atoms with van der Waals surface area (Å²) in [4.78, 5) is 10.7. The van der Waals surface area contributed by atoms with Crippen LogP contribution in [0.5, 0.6) is 0 Å². The molecule has 0 unspecified atom stereocenters. The number of rotatable bonds is 1. The van der Waals surface area contributed by atoms with Gasteiger partial charge in [-0.15, -0.1) is 24.8 Å². The zero-order chi connectivity index (χ0) is 11.8. The molecule has 1 aliphatic carbocycles. The largest absolute Gasteiger partial charge is 0.354 e. The molecule has 19 heavy (non-hydrogen) atoms. The van der Waals surface area contributed by atoms with Crippen LogP contribution in [0.1, 0.15) is 36.7 Å². The maximum atomic E-state index is 13.8. The van der Waals surface area contributed by atoms with Crippen molar-refractivity contribution < 1.29 is 4.39 Å². The zero-order valence-corrected chi connectivity index (χ0v) is 12.4. The molecule has 1 saturated heterocycles. The molecular weight excluding hydrogens is 290 g/mol. The van der Waals surface area contributed by atoms with Gasteiger partial charge >= 0.3 is 0 Å². The second-order valence-electron chi connectivity index (χ2n) is 4.84. The fourth-order valence-electron chi connectivity index (χ4n) is 2.79. The lowest BCUT2D eigenvalue weighted by Crippen LogP contribution is -2.44. The lowest BCUT2D eigenvalue weighted by Gasteiger charge is -2.30. The van der Waals surface area contributed by atoms with Crippen LogP contribution >= 0.6 is 24.8 Å². The molecule has 108 valence electrons. The first kappa shape index (κ1) is 16.4. The summed E-state index contributed by atoms with van der Waals surface area (Å²) in [5, 5.41) is 3.31. The van der Waals surface area contributed by atoms with Gasteiger partial charge in [-0.3, -0.25) is 0 Å². The van der Waals surface area contributed by atoms with Crippen LogP contribution in [-0.4, -0.2) is 36.1 Å². The van der Waals surface area contributed by atoms with E-state index < -0.39 is 6.17 Å². The number of fused-ring (bicyclic) bond motifs is 1. The van der Waals surface area contributed by atoms with E-state index in [1.165, 1.54) is 6.33 Å². The van der Waals surface area contributed by atoms with Crippen molar-refractivity contribution in [2.45, 2.75) is 25.4 Å². The molecule has 4 nitrogen and oxygen atoms in total. The van der Waals surface area contributed by atoms with E-state index in [0.717, 1.165) is 37.6 Å². The first-order valence-corrected chi connectivity index (χ1v) is 6.22. The maximum Gasteiger partial charge on any atom is 0.143 e. The molecule has 1 aliphatic heterocycles. The SMILES string of the molecule is C[C@@H]1C[C@@H](F)c2ncnc(N3CCNCC3)c21.Cl.Cl. The number of anilines is 1. The van der Waals surface area contributed by atoms with Gasteiger partial charge in [0.2, 0.25) is 0 Å². The van der Waals surface area contributed by atoms with Crippen LogP contribution in [0.4, 0.5) is 10.2 Å². The lowest BCUT2D eigenvalue weighted by molar-refractivity contribution is 0.326. The maximum absolute atomic E-state index is 13.8. The van der Waals surface area contributed by atoms with E-state index in [0.29, 0.717) is 12.1 Å². The predicted octanol–water partition coefficient (Wildman–Crippen LogP) is 2.25. The molecule has 2 aliphatic rings. The molecule has 1 aromatic rings. The van der Waals surface area contributed by atoms with Gasteiger partial charge in [-0.25, -0.2) is 14.4 Å². The summed E-state index contributed by atoms with van der Waals surface area (Å²) in [6.45, 7) is 5.87. The Bertz CT molecular complexity index is 426. The van der Waals surface area contributed by atoms with Crippen LogP contribution in [-0.2, 0) is 0 Å². The third-order valence-corrected chi connectivity index (χ3v) is 3.66. The average molecular weight is 309 g/mol. The number of halogens is 3. The zero-order valence-electron chi connectivity index (χ0n) is 10.8. The van der Waals surface area contributed by atoms with Crippen molar-refractivity contribution in [3.05, 3.63) is 17.6 Å². The Morgan fingerprint density at radius 1 is 1.26 bits per heavy atom. The van der Waals surface area contributed by atoms with Gasteiger partial charge in [-0.2, -0.15) is 0 Å². The Labute approximate surface area is 125 Å². The molecule has 1 aromatic heterocycles. The van der Waals surface area contributed by atoms with Crippen molar-refractivity contribution in [1.82, 2.24) is 15.3 Å². The Kier molecular flexibility index (Phi) is 5.77. The number of piperazine rings is 1. The fraction of sp³-hybridized carbons (Fsp3) is 0.667. The minimum absolute atomic E-state index is 0. The molecule has 2 heterocycles. The van der Waals surface area contributed by atoms with Gasteiger partial charge in [0.05, 0.1) is 5.69 Å². The smallest absolute Gasteiger partial charge is 0.143 e. The molecule has 0 bridgehead atoms. The first-order chi connectivity index (χ1) is 8.27. The highest BCUT2D eigenvalue weighted by Crippen LogP contribution is 2.44. The number of nitrogens with one attached hydrogen (secondary N) is 1. The van der Waals surface area contributed by atoms with Gasteiger partial charge in [-0.1, -0.05) is 6.92 Å². The quantitative estimate of drug-likeness (QED) is 0.864. The van der Waals surface area contributed by atoms with Crippen LogP contribution in [0.25, 0.3) is 0 Å². The van der Waals surface area contributed by atoms with Crippen molar-refractivity contribution in [3.63, 3.8) is 0 Å². The van der Waals surface area contributed by atoms with E-state index >= 15 is 0 Å². The summed E-state index contributed by atoms with van der Waals surface area (Å²) in [6.07, 6.45) is 1.14. The van der Waals surface area contributed by atoms with Gasteiger partial charge < -0.3 is 10.2 Å². The number of hydrogen-bond acceptors (Lipinski definition) is 4. The molecule has 1 N–H and O–H groups in total. The average Bonchev–Trinajstić information content (AvgIpc) is 2.66. The Morgan fingerprint density at radius 2 is 1.95 bits per heavy atom. The highest BCUT2D eigenvalue weighted by atomic mass is 35.5. The molecular formula is C12H19Cl2FN4. The van der Waals surface area contributed by atoms with Crippen molar-refractivity contribution in [1.29, 1.82) is 0 Å². The Hall–Kier alpha value is -0.650. The van der Waals surface area contributed by atoms with Crippen LogP contribution < -0.4 is 10.2 Å². The summed E-state index contributed by atoms with van der Waals surface area (Å²) < 4.78 is 13.8. The summed E-state index contributed by atoms with van der Waals surface area (Å²) in [7, 11) is 0. The van der Waals surface area contributed by atoms with E-state index in [4.69, 9.17) is 0 Å². The Balaban J connectivity index is 0.000000902. The predicted molar refractivity (Wildman–Crippen MR) is 78.5 cm³/mol. The summed E-state index contributed by atoms with van der Waals surface area (Å²) in [5.41, 5.74) is 1.64. The number of aromatic nitrogens is 2. The third-order valence-electron chi connectivity index (χ3n) is 3.66. The van der Waals surface area contributed by atoms with Crippen LogP contribution in [0.3, 0.4) is 0 Å². The molecule has 3 rings (SSSR count). The monoisotopic (exact) mass is 308 g/mol. The van der Waals surface area contributed by atoms with Gasteiger partial charge in [0.1, 0.15) is 18.3 Å². The normalized spacial score (nSPS) is 25.3. The van der Waals surface area contributed by atoms with Crippen molar-refractivity contribution in [3.8, 4) is 0 Å². The summed E-state index contributed by atoms with van der Waals surface area (Å²) in [5.74, 6) is 1.18.